The Labute approximate surface area is 190 Å². The molecule has 0 aliphatic rings. The van der Waals surface area contributed by atoms with Crippen LogP contribution in [-0.4, -0.2) is 23.6 Å². The predicted octanol–water partition coefficient (Wildman–Crippen LogP) is 5.08. The lowest BCUT2D eigenvalue weighted by atomic mass is 10.1. The molecular weight excluding hydrogens is 584 g/mol. The van der Waals surface area contributed by atoms with E-state index in [1.165, 1.54) is 6.07 Å². The Hall–Kier alpha value is -2.59. The quantitative estimate of drug-likeness (QED) is 0.276. The van der Waals surface area contributed by atoms with E-state index in [4.69, 9.17) is 9.84 Å². The van der Waals surface area contributed by atoms with Crippen LogP contribution in [0.5, 0.6) is 5.75 Å². The minimum Gasteiger partial charge on any atom is -0.480 e. The second kappa shape index (κ2) is 9.94. The first-order chi connectivity index (χ1) is 14.0. The number of rotatable bonds is 6. The second-order valence-electron chi connectivity index (χ2n) is 5.69. The molecule has 0 aliphatic carbocycles. The molecule has 0 aliphatic heterocycles. The van der Waals surface area contributed by atoms with Gasteiger partial charge in [-0.2, -0.15) is 18.4 Å². The smallest absolute Gasteiger partial charge is 0.416 e. The van der Waals surface area contributed by atoms with E-state index in [1.54, 1.807) is 18.2 Å². The van der Waals surface area contributed by atoms with Crippen LogP contribution in [0.3, 0.4) is 0 Å². The van der Waals surface area contributed by atoms with Gasteiger partial charge in [-0.25, -0.2) is 4.79 Å². The van der Waals surface area contributed by atoms with Crippen molar-refractivity contribution >= 4 is 62.2 Å². The van der Waals surface area contributed by atoms with Gasteiger partial charge in [0.25, 0.3) is 5.91 Å². The maximum Gasteiger partial charge on any atom is 0.416 e. The Bertz CT molecular complexity index is 1060. The van der Waals surface area contributed by atoms with E-state index < -0.39 is 35.8 Å². The molecule has 1 amide bonds. The molecule has 0 bridgehead atoms. The van der Waals surface area contributed by atoms with Gasteiger partial charge in [-0.3, -0.25) is 4.79 Å². The van der Waals surface area contributed by atoms with Gasteiger partial charge in [0.15, 0.2) is 6.61 Å². The van der Waals surface area contributed by atoms with E-state index in [9.17, 15) is 28.0 Å². The summed E-state index contributed by atoms with van der Waals surface area (Å²) in [4.78, 5) is 23.2. The van der Waals surface area contributed by atoms with Gasteiger partial charge in [0, 0.05) is 14.8 Å². The maximum atomic E-state index is 12.8. The molecule has 0 spiro atoms. The number of hydrogen-bond acceptors (Lipinski definition) is 4. The van der Waals surface area contributed by atoms with Crippen molar-refractivity contribution in [2.45, 2.75) is 6.18 Å². The van der Waals surface area contributed by atoms with Crippen molar-refractivity contribution in [1.29, 1.82) is 5.26 Å². The Morgan fingerprint density at radius 1 is 1.30 bits per heavy atom. The van der Waals surface area contributed by atoms with Gasteiger partial charge in [-0.15, -0.1) is 0 Å². The highest BCUT2D eigenvalue weighted by molar-refractivity contribution is 14.1. The number of ether oxygens (including phenoxy) is 1. The summed E-state index contributed by atoms with van der Waals surface area (Å²) in [6, 6.07) is 8.86. The number of carboxylic acid groups (broad SMARTS) is 1. The van der Waals surface area contributed by atoms with Crippen molar-refractivity contribution in [3.63, 3.8) is 0 Å². The number of amides is 1. The lowest BCUT2D eigenvalue weighted by Gasteiger charge is -2.12. The molecule has 0 unspecified atom stereocenters. The first-order valence-corrected chi connectivity index (χ1v) is 9.82. The zero-order valence-corrected chi connectivity index (χ0v) is 18.5. The van der Waals surface area contributed by atoms with Gasteiger partial charge >= 0.3 is 12.1 Å². The molecule has 2 N–H and O–H groups in total. The van der Waals surface area contributed by atoms with Crippen molar-refractivity contribution in [2.75, 3.05) is 11.9 Å². The van der Waals surface area contributed by atoms with Gasteiger partial charge in [-0.1, -0.05) is 6.07 Å². The molecule has 0 heterocycles. The van der Waals surface area contributed by atoms with Crippen LogP contribution in [0.1, 0.15) is 11.1 Å². The number of aliphatic carboxylic acids is 1. The molecule has 156 valence electrons. The van der Waals surface area contributed by atoms with E-state index in [1.807, 2.05) is 22.6 Å². The van der Waals surface area contributed by atoms with Crippen LogP contribution < -0.4 is 10.1 Å². The van der Waals surface area contributed by atoms with Crippen LogP contribution in [0.2, 0.25) is 0 Å². The summed E-state index contributed by atoms with van der Waals surface area (Å²) in [5, 5.41) is 20.4. The molecule has 0 aromatic heterocycles. The zero-order valence-electron chi connectivity index (χ0n) is 14.8. The largest absolute Gasteiger partial charge is 0.480 e. The third kappa shape index (κ3) is 6.46. The lowest BCUT2D eigenvalue weighted by Crippen LogP contribution is -2.15. The summed E-state index contributed by atoms with van der Waals surface area (Å²) in [5.41, 5.74) is -1.26. The molecule has 2 aromatic carbocycles. The fraction of sp³-hybridized carbons (Fsp3) is 0.105. The van der Waals surface area contributed by atoms with E-state index in [0.29, 0.717) is 8.04 Å². The van der Waals surface area contributed by atoms with Gasteiger partial charge in [0.2, 0.25) is 0 Å². The minimum absolute atomic E-state index is 0.0948. The molecule has 11 heteroatoms. The van der Waals surface area contributed by atoms with E-state index in [0.717, 1.165) is 24.3 Å². The monoisotopic (exact) mass is 594 g/mol. The lowest BCUT2D eigenvalue weighted by molar-refractivity contribution is -0.139. The first-order valence-electron chi connectivity index (χ1n) is 7.95. The summed E-state index contributed by atoms with van der Waals surface area (Å²) < 4.78 is 44.8. The highest BCUT2D eigenvalue weighted by Gasteiger charge is 2.30. The van der Waals surface area contributed by atoms with Crippen LogP contribution in [0, 0.1) is 14.9 Å². The average Bonchev–Trinajstić information content (AvgIpc) is 2.64. The molecule has 0 saturated carbocycles. The third-order valence-electron chi connectivity index (χ3n) is 3.49. The Kier molecular flexibility index (Phi) is 7.85. The fourth-order valence-electron chi connectivity index (χ4n) is 2.25. The van der Waals surface area contributed by atoms with Gasteiger partial charge in [0.1, 0.15) is 17.4 Å². The molecule has 30 heavy (non-hydrogen) atoms. The number of hydrogen-bond donors (Lipinski definition) is 2. The molecule has 6 nitrogen and oxygen atoms in total. The number of carboxylic acids is 1. The minimum atomic E-state index is -4.59. The normalized spacial score (nSPS) is 11.5. The molecule has 2 aromatic rings. The topological polar surface area (TPSA) is 99.4 Å². The summed E-state index contributed by atoms with van der Waals surface area (Å²) in [5.74, 6) is -2.06. The highest BCUT2D eigenvalue weighted by Crippen LogP contribution is 2.34. The standard InChI is InChI=1S/C19H11BrF3IN2O4/c20-15-7-13(24)5-10(17(15)30-9-16(27)28)4-11(8-25)18(29)26-14-3-1-2-12(6-14)19(21,22)23/h1-7H,9H2,(H,26,29)(H,27,28)/b11-4-. The molecule has 2 rings (SSSR count). The van der Waals surface area contributed by atoms with E-state index in [-0.39, 0.29) is 17.0 Å². The summed E-state index contributed by atoms with van der Waals surface area (Å²) in [7, 11) is 0. The van der Waals surface area contributed by atoms with Crippen molar-refractivity contribution in [2.24, 2.45) is 0 Å². The zero-order chi connectivity index (χ0) is 22.5. The number of halogens is 5. The number of nitrogens with zero attached hydrogens (tertiary/aromatic N) is 1. The van der Waals surface area contributed by atoms with Crippen molar-refractivity contribution in [1.82, 2.24) is 0 Å². The van der Waals surface area contributed by atoms with Crippen molar-refractivity contribution in [3.05, 3.63) is 61.1 Å². The summed E-state index contributed by atoms with van der Waals surface area (Å²) >= 11 is 5.21. The Morgan fingerprint density at radius 3 is 2.60 bits per heavy atom. The summed E-state index contributed by atoms with van der Waals surface area (Å²) in [6.07, 6.45) is -3.43. The van der Waals surface area contributed by atoms with Crippen LogP contribution in [0.15, 0.2) is 46.4 Å². The Balaban J connectivity index is 2.37. The van der Waals surface area contributed by atoms with Crippen LogP contribution in [0.25, 0.3) is 6.08 Å². The first kappa shape index (κ1) is 23.7. The number of benzene rings is 2. The molecule has 0 fully saturated rings. The number of carbonyl (C=O) groups is 2. The second-order valence-corrected chi connectivity index (χ2v) is 7.79. The summed E-state index contributed by atoms with van der Waals surface area (Å²) in [6.45, 7) is -0.654. The van der Waals surface area contributed by atoms with Crippen LogP contribution in [-0.2, 0) is 15.8 Å². The number of nitrogens with one attached hydrogen (secondary N) is 1. The highest BCUT2D eigenvalue weighted by atomic mass is 127. The number of nitriles is 1. The number of carbonyl (C=O) groups excluding carboxylic acids is 1. The number of anilines is 1. The van der Waals surface area contributed by atoms with Crippen molar-refractivity contribution < 1.29 is 32.6 Å². The maximum absolute atomic E-state index is 12.8. The average molecular weight is 595 g/mol. The van der Waals surface area contributed by atoms with Gasteiger partial charge < -0.3 is 15.2 Å². The molecule has 0 atom stereocenters. The molecule has 0 saturated heterocycles. The number of alkyl halides is 3. The van der Waals surface area contributed by atoms with Gasteiger partial charge in [0.05, 0.1) is 10.0 Å². The molecular formula is C19H11BrF3IN2O4. The fourth-order valence-corrected chi connectivity index (χ4v) is 3.91. The third-order valence-corrected chi connectivity index (χ3v) is 4.70. The van der Waals surface area contributed by atoms with Crippen molar-refractivity contribution in [3.8, 4) is 11.8 Å². The SMILES string of the molecule is N#C/C(=C/c1cc(I)cc(Br)c1OCC(=O)O)C(=O)Nc1cccc(C(F)(F)F)c1. The Morgan fingerprint density at radius 2 is 2.00 bits per heavy atom. The van der Waals surface area contributed by atoms with Gasteiger partial charge in [-0.05, 0) is 74.9 Å². The predicted molar refractivity (Wildman–Crippen MR) is 114 cm³/mol. The van der Waals surface area contributed by atoms with E-state index >= 15 is 0 Å². The van der Waals surface area contributed by atoms with Crippen LogP contribution in [0.4, 0.5) is 18.9 Å². The molecule has 0 radical (unpaired) electrons. The van der Waals surface area contributed by atoms with Crippen LogP contribution >= 0.6 is 38.5 Å². The van der Waals surface area contributed by atoms with E-state index in [2.05, 4.69) is 21.2 Å².